The minimum Gasteiger partial charge on any atom is -0.236 e. The van der Waals surface area contributed by atoms with Gasteiger partial charge in [-0.2, -0.15) is 0 Å². The summed E-state index contributed by atoms with van der Waals surface area (Å²) in [5.74, 6) is -0.244. The van der Waals surface area contributed by atoms with Gasteiger partial charge in [0.2, 0.25) is 0 Å². The fourth-order valence-electron chi connectivity index (χ4n) is 1.48. The molecule has 1 nitrogen and oxygen atoms in total. The third-order valence-corrected chi connectivity index (χ3v) is 2.46. The third-order valence-electron chi connectivity index (χ3n) is 2.26. The largest absolute Gasteiger partial charge is 0.236 e. The van der Waals surface area contributed by atoms with Gasteiger partial charge < -0.3 is 0 Å². The number of hydrogen-bond donors (Lipinski definition) is 0. The Morgan fingerprint density at radius 2 is 1.86 bits per heavy atom. The van der Waals surface area contributed by atoms with Gasteiger partial charge in [0, 0.05) is 11.5 Å². The Morgan fingerprint density at radius 3 is 2.57 bits per heavy atom. The molecule has 1 heterocycles. The summed E-state index contributed by atoms with van der Waals surface area (Å²) in [5.41, 5.74) is 2.26. The Balaban J connectivity index is 2.89. The van der Waals surface area contributed by atoms with Crippen LogP contribution in [0.5, 0.6) is 0 Å². The quantitative estimate of drug-likeness (QED) is 0.604. The first kappa shape index (κ1) is 9.41. The number of fused-ring (bicyclic) bond motifs is 1. The van der Waals surface area contributed by atoms with Gasteiger partial charge in [0.25, 0.3) is 0 Å². The first-order valence-electron chi connectivity index (χ1n) is 4.31. The van der Waals surface area contributed by atoms with Crippen molar-refractivity contribution in [1.29, 1.82) is 0 Å². The summed E-state index contributed by atoms with van der Waals surface area (Å²) in [4.78, 5) is 4.06. The van der Waals surface area contributed by atoms with Crippen molar-refractivity contribution >= 4 is 22.5 Å². The van der Waals surface area contributed by atoms with Crippen molar-refractivity contribution < 1.29 is 4.39 Å². The van der Waals surface area contributed by atoms with Crippen LogP contribution in [-0.4, -0.2) is 4.98 Å². The van der Waals surface area contributed by atoms with E-state index in [1.54, 1.807) is 19.1 Å². The predicted octanol–water partition coefficient (Wildman–Crippen LogP) is 3.64. The summed E-state index contributed by atoms with van der Waals surface area (Å²) in [6.45, 7) is 3.68. The number of aromatic nitrogens is 1. The molecule has 0 bridgehead atoms. The molecular formula is C11H9ClFN. The second-order valence-corrected chi connectivity index (χ2v) is 3.77. The smallest absolute Gasteiger partial charge is 0.130 e. The van der Waals surface area contributed by atoms with E-state index in [1.807, 2.05) is 6.92 Å². The number of pyridine rings is 1. The zero-order valence-electron chi connectivity index (χ0n) is 7.94. The summed E-state index contributed by atoms with van der Waals surface area (Å²) in [5, 5.41) is 1.35. The van der Waals surface area contributed by atoms with E-state index in [2.05, 4.69) is 4.98 Å². The van der Waals surface area contributed by atoms with Crippen LogP contribution >= 0.6 is 11.6 Å². The summed E-state index contributed by atoms with van der Waals surface area (Å²) >= 11 is 5.78. The Kier molecular flexibility index (Phi) is 2.16. The van der Waals surface area contributed by atoms with Gasteiger partial charge in [-0.05, 0) is 37.1 Å². The zero-order chi connectivity index (χ0) is 10.3. The zero-order valence-corrected chi connectivity index (χ0v) is 8.69. The second kappa shape index (κ2) is 3.21. The summed E-state index contributed by atoms with van der Waals surface area (Å²) < 4.78 is 13.2. The van der Waals surface area contributed by atoms with Crippen LogP contribution in [0, 0.1) is 19.7 Å². The normalized spacial score (nSPS) is 10.9. The van der Waals surface area contributed by atoms with Gasteiger partial charge in [-0.15, -0.1) is 0 Å². The maximum absolute atomic E-state index is 13.2. The third kappa shape index (κ3) is 1.46. The van der Waals surface area contributed by atoms with Gasteiger partial charge >= 0.3 is 0 Å². The molecule has 0 fully saturated rings. The van der Waals surface area contributed by atoms with E-state index in [4.69, 9.17) is 11.6 Å². The molecule has 0 unspecified atom stereocenters. The van der Waals surface area contributed by atoms with E-state index >= 15 is 0 Å². The molecule has 0 amide bonds. The van der Waals surface area contributed by atoms with Crippen LogP contribution in [0.4, 0.5) is 4.39 Å². The fourth-order valence-corrected chi connectivity index (χ4v) is 1.74. The lowest BCUT2D eigenvalue weighted by molar-refractivity contribution is 0.620. The lowest BCUT2D eigenvalue weighted by Crippen LogP contribution is -1.89. The van der Waals surface area contributed by atoms with Crippen LogP contribution < -0.4 is 0 Å². The van der Waals surface area contributed by atoms with Crippen LogP contribution in [0.25, 0.3) is 10.9 Å². The molecule has 0 radical (unpaired) electrons. The Labute approximate surface area is 86.5 Å². The Hall–Kier alpha value is -1.15. The number of benzene rings is 1. The van der Waals surface area contributed by atoms with Crippen molar-refractivity contribution in [3.05, 3.63) is 40.3 Å². The summed E-state index contributed by atoms with van der Waals surface area (Å²) in [6.07, 6.45) is 0. The molecule has 0 N–H and O–H groups in total. The number of hydrogen-bond acceptors (Lipinski definition) is 1. The van der Waals surface area contributed by atoms with Crippen LogP contribution in [0.15, 0.2) is 18.2 Å². The monoisotopic (exact) mass is 209 g/mol. The van der Waals surface area contributed by atoms with Crippen molar-refractivity contribution in [3.8, 4) is 0 Å². The first-order valence-corrected chi connectivity index (χ1v) is 4.69. The van der Waals surface area contributed by atoms with Crippen LogP contribution in [0.1, 0.15) is 11.1 Å². The Bertz CT molecular complexity index is 508. The maximum atomic E-state index is 13.2. The maximum Gasteiger partial charge on any atom is 0.130 e. The molecule has 0 aliphatic rings. The van der Waals surface area contributed by atoms with Gasteiger partial charge in [0.15, 0.2) is 0 Å². The van der Waals surface area contributed by atoms with Crippen LogP contribution in [-0.2, 0) is 0 Å². The number of aryl methyl sites for hydroxylation is 2. The van der Waals surface area contributed by atoms with Crippen molar-refractivity contribution in [2.24, 2.45) is 0 Å². The molecule has 1 aromatic carbocycles. The molecule has 0 saturated carbocycles. The van der Waals surface area contributed by atoms with Crippen molar-refractivity contribution in [3.63, 3.8) is 0 Å². The molecule has 3 heteroatoms. The topological polar surface area (TPSA) is 12.9 Å². The van der Waals surface area contributed by atoms with E-state index in [1.165, 1.54) is 6.07 Å². The number of halogens is 2. The lowest BCUT2D eigenvalue weighted by Gasteiger charge is -2.04. The van der Waals surface area contributed by atoms with Crippen LogP contribution in [0.3, 0.4) is 0 Å². The summed E-state index contributed by atoms with van der Waals surface area (Å²) in [6, 6.07) is 4.99. The van der Waals surface area contributed by atoms with E-state index in [-0.39, 0.29) is 5.82 Å². The lowest BCUT2D eigenvalue weighted by atomic mass is 10.1. The molecule has 1 aromatic heterocycles. The van der Waals surface area contributed by atoms with Crippen molar-refractivity contribution in [2.75, 3.05) is 0 Å². The SMILES string of the molecule is Cc1cc2c(C)cc(Cl)nc2cc1F. The fraction of sp³-hybridized carbons (Fsp3) is 0.182. The van der Waals surface area contributed by atoms with E-state index in [0.717, 1.165) is 10.9 Å². The standard InChI is InChI=1S/C11H9ClFN/c1-6-4-11(12)14-10-5-9(13)7(2)3-8(6)10/h3-5H,1-2H3. The van der Waals surface area contributed by atoms with Gasteiger partial charge in [0.1, 0.15) is 11.0 Å². The molecule has 2 aromatic rings. The molecule has 0 saturated heterocycles. The summed E-state index contributed by atoms with van der Waals surface area (Å²) in [7, 11) is 0. The highest BCUT2D eigenvalue weighted by molar-refractivity contribution is 6.29. The second-order valence-electron chi connectivity index (χ2n) is 3.38. The molecule has 72 valence electrons. The van der Waals surface area contributed by atoms with E-state index in [0.29, 0.717) is 16.2 Å². The molecular weight excluding hydrogens is 201 g/mol. The molecule has 0 aliphatic carbocycles. The van der Waals surface area contributed by atoms with Crippen molar-refractivity contribution in [2.45, 2.75) is 13.8 Å². The average molecular weight is 210 g/mol. The average Bonchev–Trinajstić information content (AvgIpc) is 2.08. The molecule has 0 atom stereocenters. The highest BCUT2D eigenvalue weighted by Crippen LogP contribution is 2.22. The molecule has 0 spiro atoms. The van der Waals surface area contributed by atoms with Gasteiger partial charge in [-0.25, -0.2) is 9.37 Å². The molecule has 14 heavy (non-hydrogen) atoms. The van der Waals surface area contributed by atoms with Gasteiger partial charge in [-0.3, -0.25) is 0 Å². The Morgan fingerprint density at radius 1 is 1.14 bits per heavy atom. The highest BCUT2D eigenvalue weighted by atomic mass is 35.5. The molecule has 0 aliphatic heterocycles. The van der Waals surface area contributed by atoms with Crippen LogP contribution in [0.2, 0.25) is 5.15 Å². The van der Waals surface area contributed by atoms with E-state index < -0.39 is 0 Å². The number of nitrogens with zero attached hydrogens (tertiary/aromatic N) is 1. The minimum atomic E-state index is -0.244. The number of rotatable bonds is 0. The van der Waals surface area contributed by atoms with Gasteiger partial charge in [-0.1, -0.05) is 11.6 Å². The predicted molar refractivity (Wildman–Crippen MR) is 56.2 cm³/mol. The van der Waals surface area contributed by atoms with Gasteiger partial charge in [0.05, 0.1) is 5.52 Å². The van der Waals surface area contributed by atoms with E-state index in [9.17, 15) is 4.39 Å². The minimum absolute atomic E-state index is 0.244. The highest BCUT2D eigenvalue weighted by Gasteiger charge is 2.05. The molecule has 2 rings (SSSR count). The van der Waals surface area contributed by atoms with Crippen molar-refractivity contribution in [1.82, 2.24) is 4.98 Å². The first-order chi connectivity index (χ1) is 6.58.